The predicted molar refractivity (Wildman–Crippen MR) is 83.9 cm³/mol. The molecule has 106 valence electrons. The van der Waals surface area contributed by atoms with Gasteiger partial charge in [-0.15, -0.1) is 0 Å². The van der Waals surface area contributed by atoms with E-state index in [0.717, 1.165) is 16.3 Å². The molecule has 0 atom stereocenters. The molecule has 0 saturated heterocycles. The highest BCUT2D eigenvalue weighted by Crippen LogP contribution is 2.30. The number of nitrogens with zero attached hydrogens (tertiary/aromatic N) is 1. The second-order valence-electron chi connectivity index (χ2n) is 5.03. The molecule has 0 saturated carbocycles. The molecule has 0 aliphatic rings. The van der Waals surface area contributed by atoms with E-state index in [-0.39, 0.29) is 5.56 Å². The standard InChI is InChI=1S/C18H11NO3/c20-18(21)12-8-9-16-15(10-12)19-17(22-16)14-7-3-5-11-4-1-2-6-13(11)14/h1-10H,(H,20,21). The normalized spacial score (nSPS) is 11.1. The number of carboxylic acid groups (broad SMARTS) is 1. The first kappa shape index (κ1) is 12.6. The predicted octanol–water partition coefficient (Wildman–Crippen LogP) is 4.35. The van der Waals surface area contributed by atoms with Crippen LogP contribution in [0, 0.1) is 0 Å². The molecular weight excluding hydrogens is 278 g/mol. The molecule has 0 spiro atoms. The Kier molecular flexibility index (Phi) is 2.69. The highest BCUT2D eigenvalue weighted by atomic mass is 16.4. The van der Waals surface area contributed by atoms with Crippen LogP contribution < -0.4 is 0 Å². The Labute approximate surface area is 125 Å². The minimum Gasteiger partial charge on any atom is -0.478 e. The van der Waals surface area contributed by atoms with Crippen LogP contribution >= 0.6 is 0 Å². The van der Waals surface area contributed by atoms with Crippen molar-refractivity contribution in [1.82, 2.24) is 4.98 Å². The molecule has 4 aromatic rings. The van der Waals surface area contributed by atoms with E-state index in [9.17, 15) is 4.79 Å². The molecule has 22 heavy (non-hydrogen) atoms. The fourth-order valence-corrected chi connectivity index (χ4v) is 2.59. The summed E-state index contributed by atoms with van der Waals surface area (Å²) >= 11 is 0. The van der Waals surface area contributed by atoms with Gasteiger partial charge in [0.1, 0.15) is 5.52 Å². The van der Waals surface area contributed by atoms with Crippen molar-refractivity contribution in [2.45, 2.75) is 0 Å². The molecule has 1 heterocycles. The number of aromatic carboxylic acids is 1. The van der Waals surface area contributed by atoms with Gasteiger partial charge >= 0.3 is 5.97 Å². The zero-order chi connectivity index (χ0) is 15.1. The molecule has 4 heteroatoms. The maximum atomic E-state index is 11.0. The van der Waals surface area contributed by atoms with Crippen LogP contribution in [0.15, 0.2) is 65.1 Å². The number of hydrogen-bond acceptors (Lipinski definition) is 3. The number of carbonyl (C=O) groups is 1. The van der Waals surface area contributed by atoms with Crippen molar-refractivity contribution in [3.05, 3.63) is 66.2 Å². The minimum absolute atomic E-state index is 0.199. The third-order valence-electron chi connectivity index (χ3n) is 3.65. The lowest BCUT2D eigenvalue weighted by Crippen LogP contribution is -1.94. The van der Waals surface area contributed by atoms with Gasteiger partial charge in [0.15, 0.2) is 5.58 Å². The van der Waals surface area contributed by atoms with Crippen molar-refractivity contribution >= 4 is 27.8 Å². The number of carboxylic acids is 1. The lowest BCUT2D eigenvalue weighted by molar-refractivity contribution is 0.0697. The van der Waals surface area contributed by atoms with E-state index in [1.54, 1.807) is 6.07 Å². The molecule has 0 aliphatic carbocycles. The molecule has 4 rings (SSSR count). The van der Waals surface area contributed by atoms with Crippen molar-refractivity contribution in [2.75, 3.05) is 0 Å². The average Bonchev–Trinajstić information content (AvgIpc) is 2.97. The number of oxazole rings is 1. The number of hydrogen-bond donors (Lipinski definition) is 1. The second kappa shape index (κ2) is 4.70. The van der Waals surface area contributed by atoms with Crippen LogP contribution in [-0.2, 0) is 0 Å². The number of benzene rings is 3. The second-order valence-corrected chi connectivity index (χ2v) is 5.03. The first-order valence-corrected chi connectivity index (χ1v) is 6.84. The largest absolute Gasteiger partial charge is 0.478 e. The van der Waals surface area contributed by atoms with Crippen molar-refractivity contribution in [3.8, 4) is 11.5 Å². The van der Waals surface area contributed by atoms with Gasteiger partial charge < -0.3 is 9.52 Å². The molecule has 1 aromatic heterocycles. The van der Waals surface area contributed by atoms with E-state index in [4.69, 9.17) is 9.52 Å². The highest BCUT2D eigenvalue weighted by Gasteiger charge is 2.13. The Balaban J connectivity index is 1.95. The van der Waals surface area contributed by atoms with Crippen molar-refractivity contribution < 1.29 is 14.3 Å². The van der Waals surface area contributed by atoms with Gasteiger partial charge in [-0.2, -0.15) is 0 Å². The molecule has 0 radical (unpaired) electrons. The van der Waals surface area contributed by atoms with Crippen LogP contribution in [-0.4, -0.2) is 16.1 Å². The Hall–Kier alpha value is -3.14. The van der Waals surface area contributed by atoms with Crippen LogP contribution in [0.5, 0.6) is 0 Å². The summed E-state index contributed by atoms with van der Waals surface area (Å²) in [7, 11) is 0. The first-order chi connectivity index (χ1) is 10.7. The summed E-state index contributed by atoms with van der Waals surface area (Å²) in [5, 5.41) is 11.2. The van der Waals surface area contributed by atoms with Crippen LogP contribution in [0.2, 0.25) is 0 Å². The van der Waals surface area contributed by atoms with Crippen LogP contribution in [0.25, 0.3) is 33.3 Å². The average molecular weight is 289 g/mol. The summed E-state index contributed by atoms with van der Waals surface area (Å²) in [5.74, 6) is -0.481. The van der Waals surface area contributed by atoms with Gasteiger partial charge in [0.05, 0.1) is 5.56 Å². The van der Waals surface area contributed by atoms with Crippen molar-refractivity contribution in [2.24, 2.45) is 0 Å². The number of fused-ring (bicyclic) bond motifs is 2. The summed E-state index contributed by atoms with van der Waals surface area (Å²) in [6, 6.07) is 18.6. The van der Waals surface area contributed by atoms with Crippen LogP contribution in [0.3, 0.4) is 0 Å². The topological polar surface area (TPSA) is 63.3 Å². The summed E-state index contributed by atoms with van der Waals surface area (Å²) in [5.41, 5.74) is 2.22. The van der Waals surface area contributed by atoms with Crippen molar-refractivity contribution in [3.63, 3.8) is 0 Å². The molecular formula is C18H11NO3. The van der Waals surface area contributed by atoms with Gasteiger partial charge in [0, 0.05) is 5.56 Å². The zero-order valence-corrected chi connectivity index (χ0v) is 11.5. The van der Waals surface area contributed by atoms with E-state index in [1.807, 2.05) is 42.5 Å². The molecule has 0 bridgehead atoms. The smallest absolute Gasteiger partial charge is 0.335 e. The summed E-state index contributed by atoms with van der Waals surface area (Å²) in [6.07, 6.45) is 0. The van der Waals surface area contributed by atoms with Gasteiger partial charge in [0.2, 0.25) is 5.89 Å². The minimum atomic E-state index is -0.975. The molecule has 1 N–H and O–H groups in total. The van der Waals surface area contributed by atoms with E-state index in [2.05, 4.69) is 4.98 Å². The van der Waals surface area contributed by atoms with Gasteiger partial charge in [-0.1, -0.05) is 36.4 Å². The third-order valence-corrected chi connectivity index (χ3v) is 3.65. The quantitative estimate of drug-likeness (QED) is 0.596. The Morgan fingerprint density at radius 2 is 1.82 bits per heavy atom. The number of rotatable bonds is 2. The maximum Gasteiger partial charge on any atom is 0.335 e. The van der Waals surface area contributed by atoms with Gasteiger partial charge in [-0.05, 0) is 35.0 Å². The lowest BCUT2D eigenvalue weighted by atomic mass is 10.0. The SMILES string of the molecule is O=C(O)c1ccc2oc(-c3cccc4ccccc34)nc2c1. The molecule has 0 fully saturated rings. The van der Waals surface area contributed by atoms with E-state index in [0.29, 0.717) is 17.0 Å². The molecule has 0 aliphatic heterocycles. The molecule has 0 amide bonds. The number of aromatic nitrogens is 1. The van der Waals surface area contributed by atoms with Gasteiger partial charge in [-0.3, -0.25) is 0 Å². The lowest BCUT2D eigenvalue weighted by Gasteiger charge is -2.01. The molecule has 4 nitrogen and oxygen atoms in total. The van der Waals surface area contributed by atoms with E-state index in [1.165, 1.54) is 12.1 Å². The summed E-state index contributed by atoms with van der Waals surface area (Å²) < 4.78 is 5.79. The summed E-state index contributed by atoms with van der Waals surface area (Å²) in [4.78, 5) is 15.5. The highest BCUT2D eigenvalue weighted by molar-refractivity contribution is 5.96. The monoisotopic (exact) mass is 289 g/mol. The summed E-state index contributed by atoms with van der Waals surface area (Å²) in [6.45, 7) is 0. The van der Waals surface area contributed by atoms with Gasteiger partial charge in [0.25, 0.3) is 0 Å². The van der Waals surface area contributed by atoms with Gasteiger partial charge in [-0.25, -0.2) is 9.78 Å². The van der Waals surface area contributed by atoms with Crippen molar-refractivity contribution in [1.29, 1.82) is 0 Å². The van der Waals surface area contributed by atoms with E-state index < -0.39 is 5.97 Å². The Morgan fingerprint density at radius 3 is 2.68 bits per heavy atom. The zero-order valence-electron chi connectivity index (χ0n) is 11.5. The Bertz CT molecular complexity index is 1010. The fraction of sp³-hybridized carbons (Fsp3) is 0. The first-order valence-electron chi connectivity index (χ1n) is 6.84. The fourth-order valence-electron chi connectivity index (χ4n) is 2.59. The Morgan fingerprint density at radius 1 is 1.00 bits per heavy atom. The third kappa shape index (κ3) is 1.93. The van der Waals surface area contributed by atoms with Crippen LogP contribution in [0.1, 0.15) is 10.4 Å². The molecule has 0 unspecified atom stereocenters. The maximum absolute atomic E-state index is 11.0. The van der Waals surface area contributed by atoms with Crippen LogP contribution in [0.4, 0.5) is 0 Å². The molecule has 3 aromatic carbocycles. The van der Waals surface area contributed by atoms with E-state index >= 15 is 0 Å².